The van der Waals surface area contributed by atoms with Crippen LogP contribution in [-0.2, 0) is 21.7 Å². The minimum absolute atomic E-state index is 0.0546. The number of furan rings is 1. The highest BCUT2D eigenvalue weighted by Gasteiger charge is 2.48. The first-order chi connectivity index (χ1) is 28.7. The fourth-order valence-corrected chi connectivity index (χ4v) is 12.4. The Bertz CT molecular complexity index is 3410. The second kappa shape index (κ2) is 11.1. The van der Waals surface area contributed by atoms with E-state index in [9.17, 15) is 0 Å². The van der Waals surface area contributed by atoms with Gasteiger partial charge in [0.1, 0.15) is 11.2 Å². The smallest absolute Gasteiger partial charge is 0.376 e. The van der Waals surface area contributed by atoms with E-state index < -0.39 is 0 Å². The van der Waals surface area contributed by atoms with Crippen molar-refractivity contribution >= 4 is 89.4 Å². The van der Waals surface area contributed by atoms with Gasteiger partial charge in [-0.3, -0.25) is 0 Å². The zero-order valence-electron chi connectivity index (χ0n) is 36.2. The summed E-state index contributed by atoms with van der Waals surface area (Å²) in [6, 6.07) is 44.7. The largest absolute Gasteiger partial charge is 0.466 e. The van der Waals surface area contributed by atoms with Gasteiger partial charge >= 0.3 is 6.85 Å². The maximum absolute atomic E-state index is 7.61. The molecule has 0 bridgehead atoms. The summed E-state index contributed by atoms with van der Waals surface area (Å²) >= 11 is 0. The van der Waals surface area contributed by atoms with E-state index in [1.165, 1.54) is 117 Å². The van der Waals surface area contributed by atoms with Gasteiger partial charge in [-0.2, -0.15) is 0 Å². The highest BCUT2D eigenvalue weighted by atomic mass is 16.3. The molecule has 9 aromatic rings. The third-order valence-electron chi connectivity index (χ3n) is 16.0. The third-order valence-corrected chi connectivity index (χ3v) is 16.0. The molecule has 294 valence electrons. The fourth-order valence-electron chi connectivity index (χ4n) is 12.4. The lowest BCUT2D eigenvalue weighted by Crippen LogP contribution is -2.56. The molecule has 0 fully saturated rings. The van der Waals surface area contributed by atoms with Crippen molar-refractivity contribution in [2.24, 2.45) is 0 Å². The van der Waals surface area contributed by atoms with Crippen LogP contribution < -0.4 is 16.0 Å². The normalized spacial score (nSPS) is 18.9. The molecule has 4 heteroatoms. The van der Waals surface area contributed by atoms with Gasteiger partial charge in [-0.05, 0) is 145 Å². The van der Waals surface area contributed by atoms with Gasteiger partial charge in [0.15, 0.2) is 0 Å². The van der Waals surface area contributed by atoms with Gasteiger partial charge in [-0.1, -0.05) is 128 Å². The molecule has 0 saturated heterocycles. The van der Waals surface area contributed by atoms with E-state index in [4.69, 9.17) is 4.42 Å². The molecule has 2 aliphatic heterocycles. The fraction of sp³-hybridized carbons (Fsp3) is 0.286. The minimum Gasteiger partial charge on any atom is -0.466 e. The molecule has 2 aliphatic carbocycles. The van der Waals surface area contributed by atoms with Crippen molar-refractivity contribution in [1.82, 2.24) is 4.48 Å². The van der Waals surface area contributed by atoms with Crippen LogP contribution >= 0.6 is 0 Å². The van der Waals surface area contributed by atoms with Crippen LogP contribution in [0.15, 0.2) is 120 Å². The molecule has 0 unspecified atom stereocenters. The molecule has 0 amide bonds. The molecular formula is C56H51BN2O. The Morgan fingerprint density at radius 3 is 1.87 bits per heavy atom. The average Bonchev–Trinajstić information content (AvgIpc) is 3.77. The SMILES string of the molecule is CC1(C)CCC(C)(C)c2cc(N3c4cc5ccccc5c5c4B(c4oc6cc7c(cc6c43)C(C)(C)CCC7(C)C)n3c4cc6ccccc6cc4c4cccc-5c43)ccc21. The Morgan fingerprint density at radius 1 is 0.517 bits per heavy atom. The number of aromatic nitrogens is 1. The van der Waals surface area contributed by atoms with Gasteiger partial charge in [-0.25, -0.2) is 0 Å². The van der Waals surface area contributed by atoms with Crippen LogP contribution in [0.1, 0.15) is 103 Å². The van der Waals surface area contributed by atoms with Crippen LogP contribution in [0.4, 0.5) is 17.1 Å². The summed E-state index contributed by atoms with van der Waals surface area (Å²) in [6.45, 7) is 19.4. The first kappa shape index (κ1) is 35.1. The lowest BCUT2D eigenvalue weighted by atomic mass is 9.47. The maximum atomic E-state index is 7.61. The van der Waals surface area contributed by atoms with Gasteiger partial charge in [0, 0.05) is 44.1 Å². The van der Waals surface area contributed by atoms with Crippen molar-refractivity contribution in [2.75, 3.05) is 4.90 Å². The van der Waals surface area contributed by atoms with Crippen molar-refractivity contribution in [3.05, 3.63) is 138 Å². The van der Waals surface area contributed by atoms with Crippen LogP contribution in [0.2, 0.25) is 0 Å². The zero-order chi connectivity index (χ0) is 40.8. The summed E-state index contributed by atoms with van der Waals surface area (Å²) in [6.07, 6.45) is 4.69. The molecule has 7 aromatic carbocycles. The summed E-state index contributed by atoms with van der Waals surface area (Å²) < 4.78 is 10.3. The van der Waals surface area contributed by atoms with E-state index in [0.29, 0.717) is 0 Å². The number of hydrogen-bond donors (Lipinski definition) is 0. The Kier molecular flexibility index (Phi) is 6.51. The number of anilines is 3. The first-order valence-corrected chi connectivity index (χ1v) is 22.3. The summed E-state index contributed by atoms with van der Waals surface area (Å²) in [7, 11) is 0. The van der Waals surface area contributed by atoms with Gasteiger partial charge in [0.25, 0.3) is 0 Å². The van der Waals surface area contributed by atoms with Crippen molar-refractivity contribution in [3.8, 4) is 11.1 Å². The third kappa shape index (κ3) is 4.37. The van der Waals surface area contributed by atoms with Crippen LogP contribution in [-0.4, -0.2) is 11.3 Å². The second-order valence-corrected chi connectivity index (χ2v) is 21.4. The van der Waals surface area contributed by atoms with Crippen molar-refractivity contribution < 1.29 is 4.42 Å². The Morgan fingerprint density at radius 2 is 1.13 bits per heavy atom. The Balaban J connectivity index is 1.22. The molecule has 0 radical (unpaired) electrons. The lowest BCUT2D eigenvalue weighted by molar-refractivity contribution is 0.332. The molecule has 0 saturated carbocycles. The summed E-state index contributed by atoms with van der Waals surface area (Å²) in [5, 5.41) is 8.89. The van der Waals surface area contributed by atoms with Crippen molar-refractivity contribution in [3.63, 3.8) is 0 Å². The first-order valence-electron chi connectivity index (χ1n) is 22.3. The number of para-hydroxylation sites is 1. The highest BCUT2D eigenvalue weighted by Crippen LogP contribution is 2.54. The van der Waals surface area contributed by atoms with Crippen LogP contribution in [0, 0.1) is 0 Å². The van der Waals surface area contributed by atoms with E-state index >= 15 is 0 Å². The van der Waals surface area contributed by atoms with Gasteiger partial charge in [0.05, 0.1) is 5.69 Å². The molecule has 0 spiro atoms. The highest BCUT2D eigenvalue weighted by molar-refractivity contribution is 6.90. The van der Waals surface area contributed by atoms with Crippen LogP contribution in [0.3, 0.4) is 0 Å². The summed E-state index contributed by atoms with van der Waals surface area (Å²) in [4.78, 5) is 2.63. The standard InChI is InChI=1S/C56H51BN2O/c1-53(2)22-23-54(3,4)42-29-35(20-21-41(42)53)58-46-28-34-16-11-12-17-36(34)48-38-19-13-18-37-39-26-32-14-9-10-15-33(32)27-45(39)59(50(37)38)57(49(46)48)52-51(58)40-30-43-44(31-47(40)60-52)56(7,8)25-24-55(43,5)6/h9-21,26-31H,22-25H2,1-8H3. The molecule has 4 heterocycles. The summed E-state index contributed by atoms with van der Waals surface area (Å²) in [5.41, 5.74) is 18.3. The van der Waals surface area contributed by atoms with E-state index in [2.05, 4.69) is 180 Å². The van der Waals surface area contributed by atoms with E-state index in [-0.39, 0.29) is 28.5 Å². The van der Waals surface area contributed by atoms with E-state index in [0.717, 1.165) is 24.1 Å². The van der Waals surface area contributed by atoms with Gasteiger partial charge in [-0.15, -0.1) is 0 Å². The Hall–Kier alpha value is -5.74. The monoisotopic (exact) mass is 778 g/mol. The molecule has 13 rings (SSSR count). The maximum Gasteiger partial charge on any atom is 0.376 e. The molecule has 2 aromatic heterocycles. The quantitative estimate of drug-likeness (QED) is 0.155. The molecule has 0 N–H and O–H groups in total. The predicted octanol–water partition coefficient (Wildman–Crippen LogP) is 14.0. The van der Waals surface area contributed by atoms with E-state index in [1.807, 2.05) is 0 Å². The van der Waals surface area contributed by atoms with Gasteiger partial charge < -0.3 is 13.8 Å². The van der Waals surface area contributed by atoms with E-state index in [1.54, 1.807) is 0 Å². The topological polar surface area (TPSA) is 21.3 Å². The average molecular weight is 779 g/mol. The number of fused-ring (bicyclic) bond motifs is 14. The summed E-state index contributed by atoms with van der Waals surface area (Å²) in [5.74, 6) is 0. The number of nitrogens with zero attached hydrogens (tertiary/aromatic N) is 2. The zero-order valence-corrected chi connectivity index (χ0v) is 36.2. The predicted molar refractivity (Wildman–Crippen MR) is 255 cm³/mol. The number of hydrogen-bond acceptors (Lipinski definition) is 2. The Labute approximate surface area is 353 Å². The number of benzene rings is 7. The molecule has 4 aliphatic rings. The van der Waals surface area contributed by atoms with Crippen LogP contribution in [0.25, 0.3) is 65.4 Å². The van der Waals surface area contributed by atoms with Crippen LogP contribution in [0.5, 0.6) is 0 Å². The van der Waals surface area contributed by atoms with Crippen molar-refractivity contribution in [2.45, 2.75) is 103 Å². The molecule has 3 nitrogen and oxygen atoms in total. The minimum atomic E-state index is -0.166. The molecule has 0 atom stereocenters. The molecule has 60 heavy (non-hydrogen) atoms. The second-order valence-electron chi connectivity index (χ2n) is 21.4. The van der Waals surface area contributed by atoms with Crippen molar-refractivity contribution in [1.29, 1.82) is 0 Å². The number of rotatable bonds is 1. The lowest BCUT2D eigenvalue weighted by Gasteiger charge is -2.43. The molecular weight excluding hydrogens is 727 g/mol. The van der Waals surface area contributed by atoms with Gasteiger partial charge in [0.2, 0.25) is 0 Å².